The average molecular weight is 536 g/mol. The largest absolute Gasteiger partial charge is 0.444 e. The van der Waals surface area contributed by atoms with Gasteiger partial charge >= 0.3 is 6.09 Å². The first-order chi connectivity index (χ1) is 15.8. The quantitative estimate of drug-likeness (QED) is 0.493. The van der Waals surface area contributed by atoms with E-state index < -0.39 is 23.8 Å². The number of hydrogen-bond donors (Lipinski definition) is 1. The van der Waals surface area contributed by atoms with Gasteiger partial charge in [0.15, 0.2) is 5.82 Å². The van der Waals surface area contributed by atoms with Crippen LogP contribution < -0.4 is 10.9 Å². The molecular formula is C22H30BrN7O4. The number of amides is 1. The van der Waals surface area contributed by atoms with Gasteiger partial charge in [-0.1, -0.05) is 0 Å². The highest BCUT2D eigenvalue weighted by Gasteiger charge is 2.27. The number of pyridine rings is 1. The summed E-state index contributed by atoms with van der Waals surface area (Å²) < 4.78 is 15.1. The molecule has 0 aliphatic carbocycles. The van der Waals surface area contributed by atoms with Crippen LogP contribution in [0, 0.1) is 6.92 Å². The number of nitrogens with one attached hydrogen (secondary N) is 1. The first-order valence-corrected chi connectivity index (χ1v) is 11.5. The summed E-state index contributed by atoms with van der Waals surface area (Å²) in [6.45, 7) is 9.24. The molecule has 11 nitrogen and oxygen atoms in total. The van der Waals surface area contributed by atoms with E-state index in [2.05, 4.69) is 36.5 Å². The molecule has 3 rings (SSSR count). The monoisotopic (exact) mass is 535 g/mol. The Bertz CT molecular complexity index is 1210. The van der Waals surface area contributed by atoms with Crippen molar-refractivity contribution in [2.24, 2.45) is 14.1 Å². The topological polar surface area (TPSA) is 118 Å². The van der Waals surface area contributed by atoms with E-state index in [9.17, 15) is 9.59 Å². The van der Waals surface area contributed by atoms with Crippen LogP contribution in [-0.2, 0) is 30.2 Å². The van der Waals surface area contributed by atoms with E-state index in [0.717, 1.165) is 11.3 Å². The van der Waals surface area contributed by atoms with E-state index in [-0.39, 0.29) is 12.2 Å². The number of hydrogen-bond acceptors (Lipinski definition) is 7. The molecule has 3 aromatic rings. The van der Waals surface area contributed by atoms with Crippen LogP contribution in [0.25, 0.3) is 5.82 Å². The molecule has 0 spiro atoms. The lowest BCUT2D eigenvalue weighted by molar-refractivity contribution is 0.00559. The van der Waals surface area contributed by atoms with Gasteiger partial charge in [0.2, 0.25) is 0 Å². The van der Waals surface area contributed by atoms with Crippen molar-refractivity contribution in [3.63, 3.8) is 0 Å². The molecule has 0 saturated carbocycles. The van der Waals surface area contributed by atoms with Crippen LogP contribution in [-0.4, -0.2) is 47.1 Å². The van der Waals surface area contributed by atoms with Gasteiger partial charge in [0.05, 0.1) is 23.3 Å². The van der Waals surface area contributed by atoms with Gasteiger partial charge in [-0.15, -0.1) is 0 Å². The van der Waals surface area contributed by atoms with Gasteiger partial charge in [-0.3, -0.25) is 14.0 Å². The minimum atomic E-state index is -0.628. The predicted octanol–water partition coefficient (Wildman–Crippen LogP) is 2.94. The van der Waals surface area contributed by atoms with E-state index in [4.69, 9.17) is 9.47 Å². The SMILES string of the molecule is Cc1cc(-n2cc(CO[C@H](c3cnn(C)n3)[C@@H](C)NC(=O)OC(C)(C)C)cc(Br)c2=O)nn1C. The Morgan fingerprint density at radius 3 is 2.50 bits per heavy atom. The zero-order valence-electron chi connectivity index (χ0n) is 20.4. The fraction of sp³-hybridized carbons (Fsp3) is 0.500. The first kappa shape index (κ1) is 25.6. The summed E-state index contributed by atoms with van der Waals surface area (Å²) in [4.78, 5) is 26.4. The van der Waals surface area contributed by atoms with Crippen molar-refractivity contribution in [3.05, 3.63) is 56.3 Å². The van der Waals surface area contributed by atoms with Crippen LogP contribution in [0.3, 0.4) is 0 Å². The van der Waals surface area contributed by atoms with Crippen molar-refractivity contribution in [1.29, 1.82) is 0 Å². The summed E-state index contributed by atoms with van der Waals surface area (Å²) >= 11 is 3.34. The van der Waals surface area contributed by atoms with Gasteiger partial charge in [0.1, 0.15) is 17.4 Å². The van der Waals surface area contributed by atoms with Crippen molar-refractivity contribution in [2.75, 3.05) is 0 Å². The molecule has 0 aromatic carbocycles. The lowest BCUT2D eigenvalue weighted by Gasteiger charge is -2.26. The van der Waals surface area contributed by atoms with E-state index in [1.165, 1.54) is 9.36 Å². The molecule has 0 aliphatic rings. The first-order valence-electron chi connectivity index (χ1n) is 10.7. The van der Waals surface area contributed by atoms with Crippen molar-refractivity contribution < 1.29 is 14.3 Å². The average Bonchev–Trinajstić information content (AvgIpc) is 3.28. The van der Waals surface area contributed by atoms with E-state index >= 15 is 0 Å². The number of carbonyl (C=O) groups excluding carboxylic acids is 1. The summed E-state index contributed by atoms with van der Waals surface area (Å²) in [5.74, 6) is 0.512. The fourth-order valence-electron chi connectivity index (χ4n) is 3.24. The lowest BCUT2D eigenvalue weighted by Crippen LogP contribution is -2.41. The number of alkyl carbamates (subject to hydrolysis) is 1. The van der Waals surface area contributed by atoms with Crippen molar-refractivity contribution in [3.8, 4) is 5.82 Å². The highest BCUT2D eigenvalue weighted by atomic mass is 79.9. The molecule has 34 heavy (non-hydrogen) atoms. The number of nitrogens with zero attached hydrogens (tertiary/aromatic N) is 6. The van der Waals surface area contributed by atoms with E-state index in [1.54, 1.807) is 57.9 Å². The standard InChI is InChI=1S/C22H30BrN7O4/c1-13-8-18(27-28(13)6)30-11-15(9-16(23)20(30)31)12-33-19(17-10-24-29(7)26-17)14(2)25-21(32)34-22(3,4)5/h8-11,14,19H,12H2,1-7H3,(H,25,32)/t14-,19+/m1/s1. The van der Waals surface area contributed by atoms with Crippen molar-refractivity contribution in [1.82, 2.24) is 34.7 Å². The summed E-state index contributed by atoms with van der Waals surface area (Å²) in [7, 11) is 3.52. The molecule has 2 atom stereocenters. The number of halogens is 1. The molecule has 0 aliphatic heterocycles. The smallest absolute Gasteiger partial charge is 0.407 e. The minimum Gasteiger partial charge on any atom is -0.444 e. The number of carbonyl (C=O) groups is 1. The third-order valence-corrected chi connectivity index (χ3v) is 5.48. The maximum Gasteiger partial charge on any atom is 0.407 e. The Kier molecular flexibility index (Phi) is 7.61. The number of aryl methyl sites for hydroxylation is 3. The van der Waals surface area contributed by atoms with Gasteiger partial charge in [0.25, 0.3) is 5.56 Å². The highest BCUT2D eigenvalue weighted by Crippen LogP contribution is 2.22. The Morgan fingerprint density at radius 2 is 1.94 bits per heavy atom. The van der Waals surface area contributed by atoms with Crippen LogP contribution in [0.5, 0.6) is 0 Å². The summed E-state index contributed by atoms with van der Waals surface area (Å²) in [6, 6.07) is 3.06. The second-order valence-corrected chi connectivity index (χ2v) is 9.92. The number of ether oxygens (including phenoxy) is 2. The Morgan fingerprint density at radius 1 is 1.24 bits per heavy atom. The van der Waals surface area contributed by atoms with Gasteiger partial charge < -0.3 is 14.8 Å². The summed E-state index contributed by atoms with van der Waals surface area (Å²) in [5, 5.41) is 15.7. The molecule has 0 saturated heterocycles. The molecule has 0 radical (unpaired) electrons. The van der Waals surface area contributed by atoms with Gasteiger partial charge in [0, 0.05) is 32.1 Å². The molecule has 12 heteroatoms. The second kappa shape index (κ2) is 10.1. The van der Waals surface area contributed by atoms with Crippen LogP contribution in [0.4, 0.5) is 4.79 Å². The Hall–Kier alpha value is -2.99. The van der Waals surface area contributed by atoms with Crippen LogP contribution in [0.15, 0.2) is 33.8 Å². The third-order valence-electron chi connectivity index (χ3n) is 4.91. The molecule has 3 aromatic heterocycles. The summed E-state index contributed by atoms with van der Waals surface area (Å²) in [5.41, 5.74) is 1.35. The van der Waals surface area contributed by atoms with Crippen LogP contribution in [0.1, 0.15) is 50.8 Å². The van der Waals surface area contributed by atoms with Gasteiger partial charge in [-0.25, -0.2) is 4.79 Å². The van der Waals surface area contributed by atoms with Gasteiger partial charge in [-0.2, -0.15) is 20.1 Å². The highest BCUT2D eigenvalue weighted by molar-refractivity contribution is 9.10. The molecule has 1 amide bonds. The fourth-order valence-corrected chi connectivity index (χ4v) is 3.73. The molecule has 1 N–H and O–H groups in total. The summed E-state index contributed by atoms with van der Waals surface area (Å²) in [6.07, 6.45) is 2.11. The molecule has 184 valence electrons. The zero-order chi connectivity index (χ0) is 25.2. The molecule has 0 bridgehead atoms. The number of aromatic nitrogens is 6. The maximum atomic E-state index is 12.7. The van der Waals surface area contributed by atoms with Crippen molar-refractivity contribution in [2.45, 2.75) is 59.0 Å². The molecule has 3 heterocycles. The maximum absolute atomic E-state index is 12.7. The lowest BCUT2D eigenvalue weighted by atomic mass is 10.1. The van der Waals surface area contributed by atoms with E-state index in [0.29, 0.717) is 16.0 Å². The van der Waals surface area contributed by atoms with Gasteiger partial charge in [-0.05, 0) is 62.2 Å². The normalized spacial score (nSPS) is 13.5. The molecule has 0 unspecified atom stereocenters. The second-order valence-electron chi connectivity index (χ2n) is 9.06. The van der Waals surface area contributed by atoms with Crippen LogP contribution >= 0.6 is 15.9 Å². The zero-order valence-corrected chi connectivity index (χ0v) is 22.0. The predicted molar refractivity (Wildman–Crippen MR) is 129 cm³/mol. The minimum absolute atomic E-state index is 0.145. The van der Waals surface area contributed by atoms with Crippen molar-refractivity contribution >= 4 is 22.0 Å². The Balaban J connectivity index is 1.84. The number of rotatable bonds is 7. The van der Waals surface area contributed by atoms with E-state index in [1.807, 2.05) is 20.0 Å². The molecule has 0 fully saturated rings. The van der Waals surface area contributed by atoms with Crippen LogP contribution in [0.2, 0.25) is 0 Å². The Labute approximate surface area is 206 Å². The molecular weight excluding hydrogens is 506 g/mol. The third kappa shape index (κ3) is 6.32.